The quantitative estimate of drug-likeness (QED) is 0.884. The molecular weight excluding hydrogens is 272 g/mol. The molecule has 18 heavy (non-hydrogen) atoms. The molecule has 0 saturated carbocycles. The standard InChI is InChI=1S/C11H18N2O3S2/c1-8-5-6-10(17-8)9(2)13(4)11(14)7-18(15,16)12-3/h5-6,9,12H,7H2,1-4H3/t9-/m1/s1. The molecule has 1 aromatic heterocycles. The maximum Gasteiger partial charge on any atom is 0.239 e. The summed E-state index contributed by atoms with van der Waals surface area (Å²) in [5.41, 5.74) is 0. The van der Waals surface area contributed by atoms with Crippen LogP contribution in [-0.2, 0) is 14.8 Å². The van der Waals surface area contributed by atoms with Crippen LogP contribution in [0.15, 0.2) is 12.1 Å². The lowest BCUT2D eigenvalue weighted by molar-refractivity contribution is -0.129. The van der Waals surface area contributed by atoms with Crippen LogP contribution >= 0.6 is 11.3 Å². The van der Waals surface area contributed by atoms with Crippen LogP contribution < -0.4 is 4.72 Å². The highest BCUT2D eigenvalue weighted by Gasteiger charge is 2.23. The van der Waals surface area contributed by atoms with Crippen LogP contribution in [0.3, 0.4) is 0 Å². The topological polar surface area (TPSA) is 66.5 Å². The molecule has 1 N–H and O–H groups in total. The molecule has 0 radical (unpaired) electrons. The summed E-state index contributed by atoms with van der Waals surface area (Å²) in [6.45, 7) is 3.88. The zero-order valence-electron chi connectivity index (χ0n) is 10.9. The Bertz CT molecular complexity index is 522. The SMILES string of the molecule is CNS(=O)(=O)CC(=O)N(C)[C@H](C)c1ccc(C)s1. The Morgan fingerprint density at radius 1 is 1.50 bits per heavy atom. The molecule has 0 aliphatic heterocycles. The zero-order valence-corrected chi connectivity index (χ0v) is 12.6. The number of carbonyl (C=O) groups is 1. The molecule has 0 spiro atoms. The second-order valence-corrected chi connectivity index (χ2v) is 7.34. The average molecular weight is 290 g/mol. The van der Waals surface area contributed by atoms with E-state index in [9.17, 15) is 13.2 Å². The molecule has 1 heterocycles. The largest absolute Gasteiger partial charge is 0.337 e. The Morgan fingerprint density at radius 2 is 2.11 bits per heavy atom. The molecule has 0 aliphatic carbocycles. The Labute approximate surface area is 112 Å². The van der Waals surface area contributed by atoms with Crippen molar-refractivity contribution in [1.29, 1.82) is 0 Å². The minimum atomic E-state index is -3.51. The van der Waals surface area contributed by atoms with E-state index >= 15 is 0 Å². The van der Waals surface area contributed by atoms with E-state index in [1.54, 1.807) is 18.4 Å². The van der Waals surface area contributed by atoms with Gasteiger partial charge in [-0.2, -0.15) is 0 Å². The summed E-state index contributed by atoms with van der Waals surface area (Å²) >= 11 is 1.61. The molecule has 1 rings (SSSR count). The Balaban J connectivity index is 2.75. The fourth-order valence-electron chi connectivity index (χ4n) is 1.42. The van der Waals surface area contributed by atoms with E-state index in [4.69, 9.17) is 0 Å². The van der Waals surface area contributed by atoms with Crippen molar-refractivity contribution in [3.63, 3.8) is 0 Å². The van der Waals surface area contributed by atoms with E-state index in [2.05, 4.69) is 4.72 Å². The van der Waals surface area contributed by atoms with Crippen LogP contribution in [-0.4, -0.2) is 39.1 Å². The van der Waals surface area contributed by atoms with Crippen molar-refractivity contribution in [3.05, 3.63) is 21.9 Å². The third kappa shape index (κ3) is 3.79. The number of nitrogens with one attached hydrogen (secondary N) is 1. The number of carbonyl (C=O) groups excluding carboxylic acids is 1. The zero-order chi connectivity index (χ0) is 13.9. The van der Waals surface area contributed by atoms with Crippen LogP contribution in [0, 0.1) is 6.92 Å². The molecule has 102 valence electrons. The van der Waals surface area contributed by atoms with Crippen molar-refractivity contribution in [2.24, 2.45) is 0 Å². The number of aryl methyl sites for hydroxylation is 1. The normalized spacial score (nSPS) is 13.3. The number of hydrogen-bond acceptors (Lipinski definition) is 4. The number of nitrogens with zero attached hydrogens (tertiary/aromatic N) is 1. The van der Waals surface area contributed by atoms with Gasteiger partial charge in [-0.05, 0) is 33.0 Å². The summed E-state index contributed by atoms with van der Waals surface area (Å²) in [5, 5.41) is 0. The number of rotatable bonds is 5. The summed E-state index contributed by atoms with van der Waals surface area (Å²) in [4.78, 5) is 15.5. The predicted molar refractivity (Wildman–Crippen MR) is 73.1 cm³/mol. The lowest BCUT2D eigenvalue weighted by Crippen LogP contribution is -2.37. The van der Waals surface area contributed by atoms with Gasteiger partial charge in [0, 0.05) is 16.8 Å². The Kier molecular flexibility index (Phi) is 4.89. The van der Waals surface area contributed by atoms with Gasteiger partial charge in [-0.1, -0.05) is 0 Å². The summed E-state index contributed by atoms with van der Waals surface area (Å²) < 4.78 is 24.8. The van der Waals surface area contributed by atoms with Gasteiger partial charge in [0.25, 0.3) is 0 Å². The highest BCUT2D eigenvalue weighted by atomic mass is 32.2. The molecule has 1 amide bonds. The van der Waals surface area contributed by atoms with Crippen molar-refractivity contribution >= 4 is 27.3 Å². The first-order valence-corrected chi connectivity index (χ1v) is 7.97. The van der Waals surface area contributed by atoms with E-state index in [0.717, 1.165) is 4.88 Å². The van der Waals surface area contributed by atoms with Gasteiger partial charge in [-0.3, -0.25) is 4.79 Å². The molecule has 0 aromatic carbocycles. The molecule has 0 saturated heterocycles. The van der Waals surface area contributed by atoms with Gasteiger partial charge in [0.1, 0.15) is 5.75 Å². The molecule has 1 aromatic rings. The smallest absolute Gasteiger partial charge is 0.239 e. The second kappa shape index (κ2) is 5.81. The number of sulfonamides is 1. The highest BCUT2D eigenvalue weighted by molar-refractivity contribution is 7.90. The van der Waals surface area contributed by atoms with Crippen LogP contribution in [0.25, 0.3) is 0 Å². The first-order valence-electron chi connectivity index (χ1n) is 5.50. The van der Waals surface area contributed by atoms with E-state index in [0.29, 0.717) is 0 Å². The second-order valence-electron chi connectivity index (χ2n) is 4.09. The summed E-state index contributed by atoms with van der Waals surface area (Å²) in [6, 6.07) is 3.82. The van der Waals surface area contributed by atoms with Gasteiger partial charge in [0.15, 0.2) is 0 Å². The Morgan fingerprint density at radius 3 is 2.56 bits per heavy atom. The third-order valence-electron chi connectivity index (χ3n) is 2.77. The fourth-order valence-corrected chi connectivity index (χ4v) is 3.07. The first-order chi connectivity index (χ1) is 8.26. The van der Waals surface area contributed by atoms with Gasteiger partial charge in [-0.15, -0.1) is 11.3 Å². The monoisotopic (exact) mass is 290 g/mol. The van der Waals surface area contributed by atoms with Crippen molar-refractivity contribution in [1.82, 2.24) is 9.62 Å². The third-order valence-corrected chi connectivity index (χ3v) is 5.19. The molecule has 0 aliphatic rings. The number of amides is 1. The summed E-state index contributed by atoms with van der Waals surface area (Å²) in [7, 11) is -0.593. The minimum Gasteiger partial charge on any atom is -0.337 e. The number of thiophene rings is 1. The maximum absolute atomic E-state index is 11.9. The lowest BCUT2D eigenvalue weighted by atomic mass is 10.2. The van der Waals surface area contributed by atoms with Gasteiger partial charge >= 0.3 is 0 Å². The van der Waals surface area contributed by atoms with Crippen molar-refractivity contribution < 1.29 is 13.2 Å². The average Bonchev–Trinajstić information content (AvgIpc) is 2.73. The molecule has 0 bridgehead atoms. The van der Waals surface area contributed by atoms with Gasteiger partial charge in [-0.25, -0.2) is 13.1 Å². The maximum atomic E-state index is 11.9. The summed E-state index contributed by atoms with van der Waals surface area (Å²) in [6.07, 6.45) is 0. The molecule has 7 heteroatoms. The van der Waals surface area contributed by atoms with Crippen LogP contribution in [0.1, 0.15) is 22.7 Å². The fraction of sp³-hybridized carbons (Fsp3) is 0.545. The molecule has 5 nitrogen and oxygen atoms in total. The van der Waals surface area contributed by atoms with Gasteiger partial charge in [0.2, 0.25) is 15.9 Å². The predicted octanol–water partition coefficient (Wildman–Crippen LogP) is 1.13. The lowest BCUT2D eigenvalue weighted by Gasteiger charge is -2.24. The highest BCUT2D eigenvalue weighted by Crippen LogP contribution is 2.26. The van der Waals surface area contributed by atoms with Crippen LogP contribution in [0.5, 0.6) is 0 Å². The van der Waals surface area contributed by atoms with E-state index < -0.39 is 21.7 Å². The molecule has 1 atom stereocenters. The Hall–Kier alpha value is -0.920. The van der Waals surface area contributed by atoms with Crippen molar-refractivity contribution in [2.45, 2.75) is 19.9 Å². The van der Waals surface area contributed by atoms with Crippen LogP contribution in [0.4, 0.5) is 0 Å². The van der Waals surface area contributed by atoms with Crippen molar-refractivity contribution in [2.75, 3.05) is 19.8 Å². The molecular formula is C11H18N2O3S2. The minimum absolute atomic E-state index is 0.122. The number of hydrogen-bond donors (Lipinski definition) is 1. The molecule has 0 fully saturated rings. The van der Waals surface area contributed by atoms with Gasteiger partial charge < -0.3 is 4.90 Å². The van der Waals surface area contributed by atoms with E-state index in [1.165, 1.54) is 16.8 Å². The van der Waals surface area contributed by atoms with Crippen molar-refractivity contribution in [3.8, 4) is 0 Å². The summed E-state index contributed by atoms with van der Waals surface area (Å²) in [5.74, 6) is -0.933. The van der Waals surface area contributed by atoms with Gasteiger partial charge in [0.05, 0.1) is 6.04 Å². The first kappa shape index (κ1) is 15.1. The molecule has 0 unspecified atom stereocenters. The van der Waals surface area contributed by atoms with E-state index in [1.807, 2.05) is 26.0 Å². The van der Waals surface area contributed by atoms with Crippen LogP contribution in [0.2, 0.25) is 0 Å². The van der Waals surface area contributed by atoms with E-state index in [-0.39, 0.29) is 6.04 Å².